The SMILES string of the molecule is Cc1cccc(NC(=O)OC(=O)N(C)c2ccccc2)c1. The highest BCUT2D eigenvalue weighted by atomic mass is 16.6. The average Bonchev–Trinajstić information content (AvgIpc) is 2.47. The minimum Gasteiger partial charge on any atom is -0.359 e. The molecule has 0 heterocycles. The predicted octanol–water partition coefficient (Wildman–Crippen LogP) is 3.80. The fraction of sp³-hybridized carbons (Fsp3) is 0.125. The summed E-state index contributed by atoms with van der Waals surface area (Å²) >= 11 is 0. The van der Waals surface area contributed by atoms with Gasteiger partial charge in [0.05, 0.1) is 0 Å². The van der Waals surface area contributed by atoms with Gasteiger partial charge in [-0.05, 0) is 36.8 Å². The van der Waals surface area contributed by atoms with E-state index >= 15 is 0 Å². The van der Waals surface area contributed by atoms with E-state index in [1.807, 2.05) is 25.1 Å². The van der Waals surface area contributed by atoms with Gasteiger partial charge in [0.2, 0.25) is 0 Å². The third kappa shape index (κ3) is 4.07. The molecule has 0 aromatic heterocycles. The summed E-state index contributed by atoms with van der Waals surface area (Å²) in [6.07, 6.45) is -1.56. The number of hydrogen-bond donors (Lipinski definition) is 1. The molecule has 0 aliphatic heterocycles. The number of hydrogen-bond acceptors (Lipinski definition) is 3. The van der Waals surface area contributed by atoms with Gasteiger partial charge in [-0.1, -0.05) is 30.3 Å². The minimum absolute atomic E-state index is 0.579. The lowest BCUT2D eigenvalue weighted by molar-refractivity contribution is 0.166. The van der Waals surface area contributed by atoms with Crippen LogP contribution in [0, 0.1) is 6.92 Å². The fourth-order valence-corrected chi connectivity index (χ4v) is 1.77. The van der Waals surface area contributed by atoms with E-state index in [1.165, 1.54) is 11.9 Å². The molecule has 2 aromatic rings. The highest BCUT2D eigenvalue weighted by Crippen LogP contribution is 2.13. The number of amides is 2. The van der Waals surface area contributed by atoms with Crippen molar-refractivity contribution in [3.05, 3.63) is 60.2 Å². The molecule has 5 nitrogen and oxygen atoms in total. The molecular weight excluding hydrogens is 268 g/mol. The average molecular weight is 284 g/mol. The first-order chi connectivity index (χ1) is 10.1. The third-order valence-electron chi connectivity index (χ3n) is 2.86. The van der Waals surface area contributed by atoms with Crippen LogP contribution < -0.4 is 10.2 Å². The second-order valence-corrected chi connectivity index (χ2v) is 4.54. The first-order valence-corrected chi connectivity index (χ1v) is 6.44. The van der Waals surface area contributed by atoms with Crippen molar-refractivity contribution >= 4 is 23.6 Å². The number of aryl methyl sites for hydroxylation is 1. The van der Waals surface area contributed by atoms with E-state index in [1.54, 1.807) is 36.4 Å². The largest absolute Gasteiger partial charge is 0.423 e. The number of carbonyl (C=O) groups excluding carboxylic acids is 2. The molecule has 0 aliphatic rings. The van der Waals surface area contributed by atoms with E-state index in [0.717, 1.165) is 5.56 Å². The van der Waals surface area contributed by atoms with E-state index in [2.05, 4.69) is 5.32 Å². The van der Waals surface area contributed by atoms with Crippen molar-refractivity contribution in [2.45, 2.75) is 6.92 Å². The van der Waals surface area contributed by atoms with Gasteiger partial charge in [0, 0.05) is 18.4 Å². The van der Waals surface area contributed by atoms with Crippen LogP contribution in [-0.4, -0.2) is 19.2 Å². The summed E-state index contributed by atoms with van der Waals surface area (Å²) in [5.74, 6) is 0. The molecule has 0 spiro atoms. The standard InChI is InChI=1S/C16H16N2O3/c1-12-7-6-8-13(11-12)17-15(19)21-16(20)18(2)14-9-4-3-5-10-14/h3-11H,1-2H3,(H,17,19). The highest BCUT2D eigenvalue weighted by Gasteiger charge is 2.16. The number of rotatable bonds is 2. The molecule has 2 amide bonds. The zero-order valence-electron chi connectivity index (χ0n) is 11.9. The molecule has 108 valence electrons. The van der Waals surface area contributed by atoms with Crippen molar-refractivity contribution in [2.75, 3.05) is 17.3 Å². The summed E-state index contributed by atoms with van der Waals surface area (Å²) in [4.78, 5) is 24.8. The lowest BCUT2D eigenvalue weighted by Crippen LogP contribution is -2.30. The molecule has 2 aromatic carbocycles. The Bertz CT molecular complexity index is 641. The van der Waals surface area contributed by atoms with Gasteiger partial charge >= 0.3 is 12.2 Å². The zero-order valence-corrected chi connectivity index (χ0v) is 11.9. The van der Waals surface area contributed by atoms with Gasteiger partial charge in [0.15, 0.2) is 0 Å². The van der Waals surface area contributed by atoms with Crippen LogP contribution in [0.3, 0.4) is 0 Å². The minimum atomic E-state index is -0.812. The lowest BCUT2D eigenvalue weighted by atomic mass is 10.2. The second kappa shape index (κ2) is 6.56. The van der Waals surface area contributed by atoms with Crippen LogP contribution in [0.25, 0.3) is 0 Å². The molecule has 0 atom stereocenters. The van der Waals surface area contributed by atoms with Crippen molar-refractivity contribution in [2.24, 2.45) is 0 Å². The molecule has 0 fully saturated rings. The Kier molecular flexibility index (Phi) is 4.56. The molecule has 0 unspecified atom stereocenters. The Morgan fingerprint density at radius 1 is 1.05 bits per heavy atom. The molecule has 0 bridgehead atoms. The monoisotopic (exact) mass is 284 g/mol. The number of carbonyl (C=O) groups is 2. The second-order valence-electron chi connectivity index (χ2n) is 4.54. The predicted molar refractivity (Wildman–Crippen MR) is 81.5 cm³/mol. The summed E-state index contributed by atoms with van der Waals surface area (Å²) in [7, 11) is 1.54. The topological polar surface area (TPSA) is 58.6 Å². The third-order valence-corrected chi connectivity index (χ3v) is 2.86. The Hall–Kier alpha value is -2.82. The molecular formula is C16H16N2O3. The van der Waals surface area contributed by atoms with Crippen LogP contribution in [0.4, 0.5) is 21.0 Å². The van der Waals surface area contributed by atoms with Gasteiger partial charge in [0.25, 0.3) is 0 Å². The van der Waals surface area contributed by atoms with Crippen molar-refractivity contribution in [1.29, 1.82) is 0 Å². The number of benzene rings is 2. The maximum absolute atomic E-state index is 11.9. The molecule has 1 N–H and O–H groups in total. The van der Waals surface area contributed by atoms with Gasteiger partial charge < -0.3 is 4.74 Å². The van der Waals surface area contributed by atoms with Crippen LogP contribution in [0.15, 0.2) is 54.6 Å². The Labute approximate surface area is 123 Å². The highest BCUT2D eigenvalue weighted by molar-refractivity contribution is 5.98. The van der Waals surface area contributed by atoms with Gasteiger partial charge in [-0.25, -0.2) is 9.59 Å². The van der Waals surface area contributed by atoms with Gasteiger partial charge in [-0.3, -0.25) is 10.2 Å². The number of anilines is 2. The van der Waals surface area contributed by atoms with E-state index in [4.69, 9.17) is 4.74 Å². The summed E-state index contributed by atoms with van der Waals surface area (Å²) in [6, 6.07) is 16.2. The van der Waals surface area contributed by atoms with E-state index in [-0.39, 0.29) is 0 Å². The van der Waals surface area contributed by atoms with Crippen LogP contribution in [0.1, 0.15) is 5.56 Å². The Morgan fingerprint density at radius 3 is 2.43 bits per heavy atom. The van der Waals surface area contributed by atoms with E-state index < -0.39 is 12.2 Å². The summed E-state index contributed by atoms with van der Waals surface area (Å²) < 4.78 is 4.75. The Balaban J connectivity index is 1.95. The first-order valence-electron chi connectivity index (χ1n) is 6.44. The normalized spacial score (nSPS) is 9.81. The van der Waals surface area contributed by atoms with E-state index in [9.17, 15) is 9.59 Å². The van der Waals surface area contributed by atoms with Crippen LogP contribution >= 0.6 is 0 Å². The summed E-state index contributed by atoms with van der Waals surface area (Å²) in [5.41, 5.74) is 2.22. The molecule has 0 saturated carbocycles. The van der Waals surface area contributed by atoms with Crippen molar-refractivity contribution in [1.82, 2.24) is 0 Å². The van der Waals surface area contributed by atoms with Crippen LogP contribution in [0.2, 0.25) is 0 Å². The number of para-hydroxylation sites is 1. The summed E-state index contributed by atoms with van der Waals surface area (Å²) in [5, 5.41) is 2.51. The number of ether oxygens (including phenoxy) is 1. The molecule has 0 saturated heterocycles. The molecule has 0 radical (unpaired) electrons. The number of nitrogens with zero attached hydrogens (tertiary/aromatic N) is 1. The molecule has 2 rings (SSSR count). The molecule has 21 heavy (non-hydrogen) atoms. The van der Waals surface area contributed by atoms with Gasteiger partial charge in [-0.15, -0.1) is 0 Å². The maximum Gasteiger partial charge on any atom is 0.423 e. The van der Waals surface area contributed by atoms with Crippen molar-refractivity contribution in [3.8, 4) is 0 Å². The lowest BCUT2D eigenvalue weighted by Gasteiger charge is -2.16. The van der Waals surface area contributed by atoms with Crippen molar-refractivity contribution in [3.63, 3.8) is 0 Å². The molecule has 5 heteroatoms. The zero-order chi connectivity index (χ0) is 15.2. The van der Waals surface area contributed by atoms with Crippen LogP contribution in [0.5, 0.6) is 0 Å². The van der Waals surface area contributed by atoms with Crippen molar-refractivity contribution < 1.29 is 14.3 Å². The summed E-state index contributed by atoms with van der Waals surface area (Å²) in [6.45, 7) is 1.91. The number of nitrogens with one attached hydrogen (secondary N) is 1. The fourth-order valence-electron chi connectivity index (χ4n) is 1.77. The van der Waals surface area contributed by atoms with E-state index in [0.29, 0.717) is 11.4 Å². The Morgan fingerprint density at radius 2 is 1.76 bits per heavy atom. The van der Waals surface area contributed by atoms with Gasteiger partial charge in [-0.2, -0.15) is 0 Å². The quantitative estimate of drug-likeness (QED) is 0.853. The maximum atomic E-state index is 11.9. The molecule has 0 aliphatic carbocycles. The first kappa shape index (κ1) is 14.6. The smallest absolute Gasteiger partial charge is 0.359 e. The van der Waals surface area contributed by atoms with Gasteiger partial charge in [0.1, 0.15) is 0 Å². The van der Waals surface area contributed by atoms with Crippen LogP contribution in [-0.2, 0) is 4.74 Å².